The zero-order chi connectivity index (χ0) is 23.0. The van der Waals surface area contributed by atoms with Crippen molar-refractivity contribution in [1.82, 2.24) is 18.3 Å². The van der Waals surface area contributed by atoms with Gasteiger partial charge in [-0.15, -0.1) is 26.2 Å². The Morgan fingerprint density at radius 2 is 0.889 bits per heavy atom. The maximum absolute atomic E-state index is 4.18. The summed E-state index contributed by atoms with van der Waals surface area (Å²) >= 11 is 4.77. The van der Waals surface area contributed by atoms with Crippen LogP contribution in [0, 0.1) is 37.3 Å². The third kappa shape index (κ3) is 16.5. The standard InChI is InChI=1S/C14H22N4.2C5H10N.4CH3.2Pt/c1-15-9-11-17(13-15)7-5-3-4-6-8-18-12-10-16(2)14-18;2*1-2-4-6-5-3-1;;;;;;/h9-12H,3-8H2,1-2H3;2*1-5H2;4*1H3;;/q;6*-1;;. The van der Waals surface area contributed by atoms with Gasteiger partial charge in [0.15, 0.2) is 0 Å². The van der Waals surface area contributed by atoms with Crippen LogP contribution in [0.5, 0.6) is 0 Å². The Kier molecular flexibility index (Phi) is 28.0. The van der Waals surface area contributed by atoms with Crippen molar-refractivity contribution in [3.05, 3.63) is 72.7 Å². The third-order valence-electron chi connectivity index (χ3n) is 5.73. The summed E-state index contributed by atoms with van der Waals surface area (Å²) in [5.41, 5.74) is 0. The van der Waals surface area contributed by atoms with Gasteiger partial charge in [-0.05, 0) is 0 Å². The molecule has 2 aromatic rings. The van der Waals surface area contributed by atoms with E-state index in [2.05, 4.69) is 106 Å². The monoisotopic (exact) mass is 864 g/mol. The van der Waals surface area contributed by atoms with E-state index in [1.54, 1.807) is 0 Å². The number of aromatic nitrogens is 4. The molecule has 4 heterocycles. The summed E-state index contributed by atoms with van der Waals surface area (Å²) in [5.74, 6) is 0. The van der Waals surface area contributed by atoms with Crippen molar-refractivity contribution in [2.75, 3.05) is 26.2 Å². The van der Waals surface area contributed by atoms with Crippen molar-refractivity contribution in [1.29, 1.82) is 0 Å². The molecule has 2 aliphatic rings. The van der Waals surface area contributed by atoms with Gasteiger partial charge in [0, 0.05) is 0 Å². The first kappa shape index (κ1) is 40.2. The molecule has 0 unspecified atom stereocenters. The molecule has 0 saturated carbocycles. The molecule has 0 radical (unpaired) electrons. The van der Waals surface area contributed by atoms with Crippen LogP contribution in [0.2, 0.25) is 0 Å². The summed E-state index contributed by atoms with van der Waals surface area (Å²) in [7, 11) is 4.19. The first-order valence-corrected chi connectivity index (χ1v) is 14.5. The van der Waals surface area contributed by atoms with Gasteiger partial charge in [0.1, 0.15) is 0 Å². The molecule has 2 aliphatic heterocycles. The molecule has 0 bridgehead atoms. The first-order chi connectivity index (χ1) is 15.6. The smallest absolute Gasteiger partial charge is 0.358 e. The number of unbranched alkanes of at least 4 members (excludes halogenated alkanes) is 3. The summed E-state index contributed by atoms with van der Waals surface area (Å²) in [6.45, 7) is 6.77. The topological polar surface area (TPSA) is 47.9 Å². The summed E-state index contributed by atoms with van der Waals surface area (Å²) in [4.78, 5) is 0. The van der Waals surface area contributed by atoms with E-state index in [0.29, 0.717) is 0 Å². The minimum absolute atomic E-state index is 0. The quantitative estimate of drug-likeness (QED) is 0.208. The SMILES string of the molecule is C1CC[N-]CC1.C1CC[N-]CC1.Cn1ccn(CCCCCCn2ccn(C)[c]2=[Pt])[c]1=[Pt].[CH3-].[CH3-].[CH3-].[CH3-]. The zero-order valence-electron chi connectivity index (χ0n) is 23.9. The molecule has 0 aliphatic carbocycles. The second kappa shape index (κ2) is 25.0. The van der Waals surface area contributed by atoms with Crippen LogP contribution in [0.25, 0.3) is 10.6 Å². The molecule has 0 aromatic carbocycles. The molecule has 0 N–H and O–H groups in total. The molecule has 8 heteroatoms. The maximum Gasteiger partial charge on any atom is -0.358 e. The van der Waals surface area contributed by atoms with Crippen LogP contribution in [0.15, 0.2) is 24.8 Å². The fourth-order valence-corrected chi connectivity index (χ4v) is 4.89. The summed E-state index contributed by atoms with van der Waals surface area (Å²) in [6.07, 6.45) is 21.9. The summed E-state index contributed by atoms with van der Waals surface area (Å²) in [6, 6.07) is 0. The molecular weight excluding hydrogens is 811 g/mol. The van der Waals surface area contributed by atoms with Gasteiger partial charge in [0.2, 0.25) is 0 Å². The molecule has 0 atom stereocenters. The largest absolute Gasteiger partial charge is 0.358 e. The Morgan fingerprint density at radius 1 is 0.556 bits per heavy atom. The number of rotatable bonds is 7. The molecule has 2 aromatic heterocycles. The van der Waals surface area contributed by atoms with Crippen LogP contribution in [0.4, 0.5) is 0 Å². The van der Waals surface area contributed by atoms with Gasteiger partial charge in [-0.2, -0.15) is 0 Å². The predicted molar refractivity (Wildman–Crippen MR) is 151 cm³/mol. The molecule has 4 rings (SSSR count). The van der Waals surface area contributed by atoms with E-state index in [0.717, 1.165) is 39.3 Å². The molecule has 2 fully saturated rings. The van der Waals surface area contributed by atoms with E-state index >= 15 is 0 Å². The van der Waals surface area contributed by atoms with E-state index < -0.39 is 0 Å². The Balaban J connectivity index is -0.000000565. The molecule has 0 spiro atoms. The first-order valence-electron chi connectivity index (χ1n) is 12.2. The van der Waals surface area contributed by atoms with Crippen LogP contribution in [-0.4, -0.2) is 44.4 Å². The number of imidazole rings is 2. The number of hydrogen-bond acceptors (Lipinski definition) is 0. The molecule has 222 valence electrons. The van der Waals surface area contributed by atoms with E-state index in [1.165, 1.54) is 71.8 Å². The van der Waals surface area contributed by atoms with Gasteiger partial charge in [0.05, 0.1) is 0 Å². The Labute approximate surface area is 246 Å². The van der Waals surface area contributed by atoms with Gasteiger partial charge in [-0.3, -0.25) is 0 Å². The zero-order valence-corrected chi connectivity index (χ0v) is 28.5. The van der Waals surface area contributed by atoms with Crippen molar-refractivity contribution in [3.8, 4) is 0 Å². The van der Waals surface area contributed by atoms with Crippen LogP contribution >= 0.6 is 0 Å². The number of aryl methyl sites for hydroxylation is 4. The second-order valence-corrected chi connectivity index (χ2v) is 10.6. The van der Waals surface area contributed by atoms with Gasteiger partial charge in [-0.1, -0.05) is 38.5 Å². The normalized spacial score (nSPS) is 14.3. The second-order valence-electron chi connectivity index (χ2n) is 8.56. The van der Waals surface area contributed by atoms with Crippen molar-refractivity contribution in [2.45, 2.75) is 77.3 Å². The fraction of sp³-hybridized carbons (Fsp3) is 0.643. The Morgan fingerprint density at radius 3 is 1.08 bits per heavy atom. The summed E-state index contributed by atoms with van der Waals surface area (Å²) in [5, 5.41) is 8.35. The van der Waals surface area contributed by atoms with Crippen molar-refractivity contribution in [3.63, 3.8) is 0 Å². The van der Waals surface area contributed by atoms with Crippen LogP contribution < -0.4 is 0 Å². The van der Waals surface area contributed by atoms with Gasteiger partial charge >= 0.3 is 142 Å². The summed E-state index contributed by atoms with van der Waals surface area (Å²) < 4.78 is 11.6. The van der Waals surface area contributed by atoms with Crippen LogP contribution in [0.3, 0.4) is 0 Å². The van der Waals surface area contributed by atoms with Gasteiger partial charge < -0.3 is 40.3 Å². The molecule has 36 heavy (non-hydrogen) atoms. The van der Waals surface area contributed by atoms with E-state index in [9.17, 15) is 0 Å². The van der Waals surface area contributed by atoms with E-state index in [-0.39, 0.29) is 29.7 Å². The average molecular weight is 865 g/mol. The number of nitrogens with zero attached hydrogens (tertiary/aromatic N) is 6. The average Bonchev–Trinajstić information content (AvgIpc) is 3.34. The molecular formula is C28H54N6Pt2-6. The maximum atomic E-state index is 4.18. The number of hydrogen-bond donors (Lipinski definition) is 0. The molecule has 2 saturated heterocycles. The van der Waals surface area contributed by atoms with Crippen LogP contribution in [-0.2, 0) is 65.9 Å². The van der Waals surface area contributed by atoms with Crippen molar-refractivity contribution >= 4 is 0 Å². The van der Waals surface area contributed by atoms with Crippen molar-refractivity contribution in [2.24, 2.45) is 14.1 Å². The van der Waals surface area contributed by atoms with E-state index in [4.69, 9.17) is 0 Å². The minimum Gasteiger partial charge on any atom is -0.358 e. The van der Waals surface area contributed by atoms with Crippen LogP contribution in [0.1, 0.15) is 64.2 Å². The minimum atomic E-state index is 0. The molecule has 6 nitrogen and oxygen atoms in total. The molecule has 0 amide bonds. The fourth-order valence-electron chi connectivity index (χ4n) is 3.70. The third-order valence-corrected chi connectivity index (χ3v) is 8.64. The number of piperidine rings is 2. The van der Waals surface area contributed by atoms with Gasteiger partial charge in [-0.25, -0.2) is 0 Å². The van der Waals surface area contributed by atoms with Crippen molar-refractivity contribution < 1.29 is 38.7 Å². The Hall–Kier alpha value is -0.283. The predicted octanol–water partition coefficient (Wildman–Crippen LogP) is 7.27. The van der Waals surface area contributed by atoms with Gasteiger partial charge in [0.25, 0.3) is 0 Å². The van der Waals surface area contributed by atoms with E-state index in [1.807, 2.05) is 0 Å². The Bertz CT molecular complexity index is 748.